The summed E-state index contributed by atoms with van der Waals surface area (Å²) in [5.74, 6) is 0.903. The maximum absolute atomic E-state index is 13.4. The van der Waals surface area contributed by atoms with E-state index < -0.39 is 11.5 Å². The number of Topliss-reactive ketones (excluding diaryl/α,β-unsaturated/α-hetero) is 2. The number of aromatic nitrogens is 2. The van der Waals surface area contributed by atoms with Crippen molar-refractivity contribution in [1.82, 2.24) is 14.9 Å². The van der Waals surface area contributed by atoms with Gasteiger partial charge in [-0.15, -0.1) is 0 Å². The van der Waals surface area contributed by atoms with Gasteiger partial charge in [0.15, 0.2) is 11.6 Å². The first-order valence-corrected chi connectivity index (χ1v) is 10.6. The van der Waals surface area contributed by atoms with E-state index in [1.807, 2.05) is 13.8 Å². The number of carbonyl (C=O) groups excluding carboxylic acids is 2. The molecule has 28 heavy (non-hydrogen) atoms. The summed E-state index contributed by atoms with van der Waals surface area (Å²) in [6.45, 7) is 10.9. The van der Waals surface area contributed by atoms with Crippen molar-refractivity contribution in [3.8, 4) is 0 Å². The second-order valence-electron chi connectivity index (χ2n) is 8.68. The molecule has 1 aromatic rings. The van der Waals surface area contributed by atoms with Crippen molar-refractivity contribution in [1.29, 1.82) is 0 Å². The topological polar surface area (TPSA) is 78.4 Å². The van der Waals surface area contributed by atoms with Gasteiger partial charge in [0.25, 0.3) is 0 Å². The lowest BCUT2D eigenvalue weighted by molar-refractivity contribution is -0.119. The van der Waals surface area contributed by atoms with E-state index in [-0.39, 0.29) is 11.6 Å². The van der Waals surface area contributed by atoms with Crippen molar-refractivity contribution in [3.63, 3.8) is 0 Å². The number of hydrogen-bond donors (Lipinski definition) is 1. The number of dihydropyridines is 1. The molecule has 4 rings (SSSR count). The van der Waals surface area contributed by atoms with Crippen LogP contribution in [0.15, 0.2) is 10.6 Å². The van der Waals surface area contributed by atoms with Gasteiger partial charge < -0.3 is 9.88 Å². The summed E-state index contributed by atoms with van der Waals surface area (Å²) in [4.78, 5) is 41.5. The van der Waals surface area contributed by atoms with Crippen LogP contribution in [-0.2, 0) is 4.79 Å². The van der Waals surface area contributed by atoms with Gasteiger partial charge in [0.1, 0.15) is 22.8 Å². The van der Waals surface area contributed by atoms with E-state index in [2.05, 4.69) is 28.7 Å². The Morgan fingerprint density at radius 1 is 1.21 bits per heavy atom. The summed E-state index contributed by atoms with van der Waals surface area (Å²) < 4.78 is 0. The largest absolute Gasteiger partial charge is 0.339 e. The van der Waals surface area contributed by atoms with E-state index in [0.29, 0.717) is 29.3 Å². The minimum atomic E-state index is -0.816. The van der Waals surface area contributed by atoms with Crippen molar-refractivity contribution in [2.24, 2.45) is 10.9 Å². The third-order valence-corrected chi connectivity index (χ3v) is 6.32. The molecular formula is C22H30N4O2. The Balaban J connectivity index is 1.69. The molecule has 0 spiro atoms. The summed E-state index contributed by atoms with van der Waals surface area (Å²) in [6.07, 6.45) is 5.57. The third kappa shape index (κ3) is 3.17. The highest BCUT2D eigenvalue weighted by Gasteiger charge is 2.45. The van der Waals surface area contributed by atoms with Crippen LogP contribution in [0.5, 0.6) is 0 Å². The number of ketones is 2. The van der Waals surface area contributed by atoms with Gasteiger partial charge in [0.2, 0.25) is 0 Å². The molecule has 2 aliphatic carbocycles. The van der Waals surface area contributed by atoms with Crippen LogP contribution in [0.1, 0.15) is 81.3 Å². The van der Waals surface area contributed by atoms with Gasteiger partial charge in [-0.25, -0.2) is 4.98 Å². The van der Waals surface area contributed by atoms with Gasteiger partial charge in [0.05, 0.1) is 5.92 Å². The third-order valence-electron chi connectivity index (χ3n) is 6.32. The molecule has 0 bridgehead atoms. The van der Waals surface area contributed by atoms with Crippen molar-refractivity contribution >= 4 is 23.4 Å². The molecule has 0 aromatic carbocycles. The zero-order valence-corrected chi connectivity index (χ0v) is 17.3. The van der Waals surface area contributed by atoms with E-state index in [4.69, 9.17) is 4.98 Å². The van der Waals surface area contributed by atoms with Crippen LogP contribution in [0.3, 0.4) is 0 Å². The van der Waals surface area contributed by atoms with Gasteiger partial charge in [-0.05, 0) is 59.2 Å². The normalized spacial score (nSPS) is 23.4. The molecular weight excluding hydrogens is 352 g/mol. The zero-order valence-electron chi connectivity index (χ0n) is 17.3. The quantitative estimate of drug-likeness (QED) is 0.784. The molecule has 150 valence electrons. The summed E-state index contributed by atoms with van der Waals surface area (Å²) >= 11 is 0. The van der Waals surface area contributed by atoms with Crippen LogP contribution < -0.4 is 0 Å². The summed E-state index contributed by atoms with van der Waals surface area (Å²) in [6, 6.07) is 0. The molecule has 1 fully saturated rings. The van der Waals surface area contributed by atoms with Crippen molar-refractivity contribution < 1.29 is 9.59 Å². The van der Waals surface area contributed by atoms with Crippen molar-refractivity contribution in [3.05, 3.63) is 22.8 Å². The SMILES string of the molecule is CCN(CC)CCCC1C(=O)c2[nH]c(C3CC3)nc2C2=C1C(=O)C(C)(C)N=C2. The number of aliphatic imine (C=N–C) groups is 1. The van der Waals surface area contributed by atoms with Crippen LogP contribution in [-0.4, -0.2) is 57.8 Å². The minimum Gasteiger partial charge on any atom is -0.339 e. The van der Waals surface area contributed by atoms with Gasteiger partial charge in [0, 0.05) is 23.3 Å². The molecule has 1 atom stereocenters. The predicted octanol–water partition coefficient (Wildman–Crippen LogP) is 3.41. The molecule has 1 unspecified atom stereocenters. The number of imidazole rings is 1. The van der Waals surface area contributed by atoms with Crippen LogP contribution in [0, 0.1) is 5.92 Å². The molecule has 1 N–H and O–H groups in total. The number of nitrogens with one attached hydrogen (secondary N) is 1. The second-order valence-corrected chi connectivity index (χ2v) is 8.68. The van der Waals surface area contributed by atoms with Crippen LogP contribution in [0.25, 0.3) is 5.57 Å². The number of fused-ring (bicyclic) bond motifs is 2. The molecule has 0 radical (unpaired) electrons. The molecule has 3 aliphatic rings. The number of rotatable bonds is 7. The fourth-order valence-corrected chi connectivity index (χ4v) is 4.30. The number of hydrogen-bond acceptors (Lipinski definition) is 5. The molecule has 1 saturated carbocycles. The molecule has 6 nitrogen and oxygen atoms in total. The number of allylic oxidation sites excluding steroid dienone is 1. The van der Waals surface area contributed by atoms with E-state index in [1.165, 1.54) is 0 Å². The zero-order chi connectivity index (χ0) is 20.1. The van der Waals surface area contributed by atoms with Crippen LogP contribution in [0.4, 0.5) is 0 Å². The lowest BCUT2D eigenvalue weighted by Gasteiger charge is -2.32. The first-order valence-electron chi connectivity index (χ1n) is 10.6. The molecule has 1 aromatic heterocycles. The summed E-state index contributed by atoms with van der Waals surface area (Å²) in [7, 11) is 0. The highest BCUT2D eigenvalue weighted by molar-refractivity contribution is 6.30. The van der Waals surface area contributed by atoms with Gasteiger partial charge >= 0.3 is 0 Å². The standard InChI is InChI=1S/C22H30N4O2/c1-5-26(6-2)11-7-8-14-16-15(12-23-22(3,4)20(16)28)17-18(19(14)27)25-21(24-17)13-9-10-13/h12-14H,5-11H2,1-4H3,(H,24,25). The molecule has 0 amide bonds. The molecule has 6 heteroatoms. The van der Waals surface area contributed by atoms with Gasteiger partial charge in [-0.2, -0.15) is 0 Å². The Labute approximate surface area is 166 Å². The number of carbonyl (C=O) groups is 2. The van der Waals surface area contributed by atoms with Crippen LogP contribution >= 0.6 is 0 Å². The summed E-state index contributed by atoms with van der Waals surface area (Å²) in [5, 5.41) is 0. The van der Waals surface area contributed by atoms with Crippen molar-refractivity contribution in [2.75, 3.05) is 19.6 Å². The highest BCUT2D eigenvalue weighted by atomic mass is 16.1. The fourth-order valence-electron chi connectivity index (χ4n) is 4.30. The van der Waals surface area contributed by atoms with E-state index >= 15 is 0 Å². The molecule has 2 heterocycles. The van der Waals surface area contributed by atoms with Crippen molar-refractivity contribution in [2.45, 2.75) is 64.8 Å². The number of aromatic amines is 1. The van der Waals surface area contributed by atoms with E-state index in [1.54, 1.807) is 6.21 Å². The monoisotopic (exact) mass is 382 g/mol. The van der Waals surface area contributed by atoms with Gasteiger partial charge in [-0.1, -0.05) is 13.8 Å². The Morgan fingerprint density at radius 2 is 1.93 bits per heavy atom. The first-order chi connectivity index (χ1) is 13.4. The Bertz CT molecular complexity index is 869. The first kappa shape index (κ1) is 19.2. The predicted molar refractivity (Wildman–Crippen MR) is 110 cm³/mol. The summed E-state index contributed by atoms with van der Waals surface area (Å²) in [5.41, 5.74) is 1.78. The number of nitrogens with zero attached hydrogens (tertiary/aromatic N) is 3. The smallest absolute Gasteiger partial charge is 0.188 e. The lowest BCUT2D eigenvalue weighted by Crippen LogP contribution is -2.41. The second kappa shape index (κ2) is 7.07. The van der Waals surface area contributed by atoms with E-state index in [0.717, 1.165) is 50.3 Å². The average molecular weight is 383 g/mol. The van der Waals surface area contributed by atoms with Gasteiger partial charge in [-0.3, -0.25) is 14.6 Å². The Morgan fingerprint density at radius 3 is 2.57 bits per heavy atom. The molecule has 1 aliphatic heterocycles. The maximum atomic E-state index is 13.4. The minimum absolute atomic E-state index is 0.0205. The fraction of sp³-hybridized carbons (Fsp3) is 0.636. The maximum Gasteiger partial charge on any atom is 0.188 e. The number of H-pyrrole nitrogens is 1. The molecule has 0 saturated heterocycles. The average Bonchev–Trinajstić information content (AvgIpc) is 3.42. The Kier molecular flexibility index (Phi) is 4.86. The van der Waals surface area contributed by atoms with Crippen LogP contribution in [0.2, 0.25) is 0 Å². The lowest BCUT2D eigenvalue weighted by atomic mass is 9.73. The van der Waals surface area contributed by atoms with E-state index in [9.17, 15) is 9.59 Å². The highest BCUT2D eigenvalue weighted by Crippen LogP contribution is 2.44. The Hall–Kier alpha value is -2.08.